The summed E-state index contributed by atoms with van der Waals surface area (Å²) in [4.78, 5) is 4.36. The maximum atomic E-state index is 5.73. The SMILES string of the molecule is Nc1ccc2c(c1)ncn2CC1CCOC1. The number of anilines is 1. The minimum atomic E-state index is 0.620. The first-order chi connectivity index (χ1) is 7.83. The van der Waals surface area contributed by atoms with Gasteiger partial charge in [-0.2, -0.15) is 0 Å². The van der Waals surface area contributed by atoms with Crippen LogP contribution in [-0.4, -0.2) is 22.8 Å². The van der Waals surface area contributed by atoms with Crippen molar-refractivity contribution < 1.29 is 4.74 Å². The average Bonchev–Trinajstić information content (AvgIpc) is 2.89. The summed E-state index contributed by atoms with van der Waals surface area (Å²) in [6.45, 7) is 2.75. The molecule has 0 amide bonds. The zero-order chi connectivity index (χ0) is 11.0. The molecule has 4 heteroatoms. The number of hydrogen-bond acceptors (Lipinski definition) is 3. The highest BCUT2D eigenvalue weighted by molar-refractivity contribution is 5.78. The first-order valence-electron chi connectivity index (χ1n) is 5.61. The molecule has 2 aromatic rings. The molecule has 84 valence electrons. The van der Waals surface area contributed by atoms with Gasteiger partial charge in [-0.1, -0.05) is 0 Å². The van der Waals surface area contributed by atoms with Crippen molar-refractivity contribution >= 4 is 16.7 Å². The fourth-order valence-corrected chi connectivity index (χ4v) is 2.23. The molecular formula is C12H15N3O. The third kappa shape index (κ3) is 1.65. The van der Waals surface area contributed by atoms with Gasteiger partial charge in [-0.15, -0.1) is 0 Å². The van der Waals surface area contributed by atoms with Crippen LogP contribution in [0.2, 0.25) is 0 Å². The molecule has 0 spiro atoms. The second kappa shape index (κ2) is 3.79. The molecule has 0 radical (unpaired) electrons. The Labute approximate surface area is 94.0 Å². The fourth-order valence-electron chi connectivity index (χ4n) is 2.23. The number of imidazole rings is 1. The van der Waals surface area contributed by atoms with Crippen molar-refractivity contribution in [3.8, 4) is 0 Å². The van der Waals surface area contributed by atoms with Crippen molar-refractivity contribution in [2.75, 3.05) is 18.9 Å². The van der Waals surface area contributed by atoms with Crippen LogP contribution in [0.1, 0.15) is 6.42 Å². The summed E-state index contributed by atoms with van der Waals surface area (Å²) in [6, 6.07) is 5.87. The van der Waals surface area contributed by atoms with Crippen molar-refractivity contribution in [1.82, 2.24) is 9.55 Å². The second-order valence-corrected chi connectivity index (χ2v) is 4.37. The molecule has 1 aliphatic heterocycles. The average molecular weight is 217 g/mol. The van der Waals surface area contributed by atoms with Gasteiger partial charge in [-0.25, -0.2) is 4.98 Å². The quantitative estimate of drug-likeness (QED) is 0.778. The normalized spacial score (nSPS) is 20.6. The Morgan fingerprint density at radius 1 is 1.50 bits per heavy atom. The van der Waals surface area contributed by atoms with E-state index in [1.807, 2.05) is 24.5 Å². The van der Waals surface area contributed by atoms with Crippen molar-refractivity contribution in [2.24, 2.45) is 5.92 Å². The summed E-state index contributed by atoms with van der Waals surface area (Å²) in [5.41, 5.74) is 8.62. The molecule has 0 saturated carbocycles. The predicted octanol–water partition coefficient (Wildman–Crippen LogP) is 1.66. The van der Waals surface area contributed by atoms with Gasteiger partial charge in [0.1, 0.15) is 0 Å². The molecule has 1 aromatic heterocycles. The van der Waals surface area contributed by atoms with Gasteiger partial charge in [0.05, 0.1) is 24.0 Å². The molecule has 2 N–H and O–H groups in total. The van der Waals surface area contributed by atoms with Crippen LogP contribution < -0.4 is 5.73 Å². The lowest BCUT2D eigenvalue weighted by molar-refractivity contribution is 0.182. The Morgan fingerprint density at radius 2 is 2.44 bits per heavy atom. The Kier molecular flexibility index (Phi) is 2.29. The summed E-state index contributed by atoms with van der Waals surface area (Å²) < 4.78 is 7.57. The van der Waals surface area contributed by atoms with Gasteiger partial charge in [0.2, 0.25) is 0 Å². The van der Waals surface area contributed by atoms with Gasteiger partial charge in [0, 0.05) is 24.8 Å². The maximum absolute atomic E-state index is 5.73. The summed E-state index contributed by atoms with van der Waals surface area (Å²) in [5.74, 6) is 0.620. The molecular weight excluding hydrogens is 202 g/mol. The Morgan fingerprint density at radius 3 is 3.25 bits per heavy atom. The van der Waals surface area contributed by atoms with E-state index in [0.29, 0.717) is 5.92 Å². The van der Waals surface area contributed by atoms with Crippen LogP contribution in [0.5, 0.6) is 0 Å². The molecule has 1 saturated heterocycles. The highest BCUT2D eigenvalue weighted by Gasteiger charge is 2.16. The minimum absolute atomic E-state index is 0.620. The van der Waals surface area contributed by atoms with Gasteiger partial charge in [-0.3, -0.25) is 0 Å². The van der Waals surface area contributed by atoms with Crippen molar-refractivity contribution in [2.45, 2.75) is 13.0 Å². The largest absolute Gasteiger partial charge is 0.399 e. The number of benzene rings is 1. The zero-order valence-corrected chi connectivity index (χ0v) is 9.10. The Bertz CT molecular complexity index is 500. The number of nitrogens with zero attached hydrogens (tertiary/aromatic N) is 2. The van der Waals surface area contributed by atoms with Crippen LogP contribution in [0, 0.1) is 5.92 Å². The van der Waals surface area contributed by atoms with E-state index in [1.54, 1.807) is 0 Å². The van der Waals surface area contributed by atoms with Gasteiger partial charge in [-0.05, 0) is 24.6 Å². The molecule has 0 bridgehead atoms. The molecule has 16 heavy (non-hydrogen) atoms. The zero-order valence-electron chi connectivity index (χ0n) is 9.10. The van der Waals surface area contributed by atoms with Gasteiger partial charge < -0.3 is 15.0 Å². The number of nitrogens with two attached hydrogens (primary N) is 1. The molecule has 1 aromatic carbocycles. The third-order valence-electron chi connectivity index (χ3n) is 3.12. The molecule has 1 atom stereocenters. The fraction of sp³-hybridized carbons (Fsp3) is 0.417. The highest BCUT2D eigenvalue weighted by atomic mass is 16.5. The predicted molar refractivity (Wildman–Crippen MR) is 63.1 cm³/mol. The van der Waals surface area contributed by atoms with Crippen LogP contribution in [-0.2, 0) is 11.3 Å². The number of rotatable bonds is 2. The van der Waals surface area contributed by atoms with E-state index in [1.165, 1.54) is 0 Å². The smallest absolute Gasteiger partial charge is 0.0958 e. The van der Waals surface area contributed by atoms with Crippen molar-refractivity contribution in [1.29, 1.82) is 0 Å². The number of aromatic nitrogens is 2. The van der Waals surface area contributed by atoms with E-state index >= 15 is 0 Å². The number of ether oxygens (including phenoxy) is 1. The lowest BCUT2D eigenvalue weighted by atomic mass is 10.1. The summed E-state index contributed by atoms with van der Waals surface area (Å²) in [7, 11) is 0. The van der Waals surface area contributed by atoms with E-state index in [-0.39, 0.29) is 0 Å². The monoisotopic (exact) mass is 217 g/mol. The van der Waals surface area contributed by atoms with E-state index in [2.05, 4.69) is 9.55 Å². The molecule has 1 fully saturated rings. The first-order valence-corrected chi connectivity index (χ1v) is 5.61. The molecule has 4 nitrogen and oxygen atoms in total. The molecule has 1 aliphatic rings. The number of hydrogen-bond donors (Lipinski definition) is 1. The summed E-state index contributed by atoms with van der Waals surface area (Å²) >= 11 is 0. The molecule has 0 aliphatic carbocycles. The van der Waals surface area contributed by atoms with E-state index in [0.717, 1.165) is 42.9 Å². The van der Waals surface area contributed by atoms with E-state index in [4.69, 9.17) is 10.5 Å². The maximum Gasteiger partial charge on any atom is 0.0958 e. The van der Waals surface area contributed by atoms with Crippen LogP contribution in [0.3, 0.4) is 0 Å². The van der Waals surface area contributed by atoms with Gasteiger partial charge >= 0.3 is 0 Å². The molecule has 2 heterocycles. The molecule has 1 unspecified atom stereocenters. The minimum Gasteiger partial charge on any atom is -0.399 e. The topological polar surface area (TPSA) is 53.1 Å². The molecule has 3 rings (SSSR count). The van der Waals surface area contributed by atoms with Crippen LogP contribution in [0.15, 0.2) is 24.5 Å². The lowest BCUT2D eigenvalue weighted by Gasteiger charge is -2.09. The standard InChI is InChI=1S/C12H15N3O/c13-10-1-2-12-11(5-10)14-8-15(12)6-9-3-4-16-7-9/h1-2,5,8-9H,3-4,6-7,13H2. The number of fused-ring (bicyclic) bond motifs is 1. The first kappa shape index (κ1) is 9.66. The van der Waals surface area contributed by atoms with Gasteiger partial charge in [0.15, 0.2) is 0 Å². The van der Waals surface area contributed by atoms with Crippen molar-refractivity contribution in [3.63, 3.8) is 0 Å². The van der Waals surface area contributed by atoms with Gasteiger partial charge in [0.25, 0.3) is 0 Å². The van der Waals surface area contributed by atoms with Crippen LogP contribution in [0.25, 0.3) is 11.0 Å². The number of nitrogen functional groups attached to an aromatic ring is 1. The Balaban J connectivity index is 1.91. The second-order valence-electron chi connectivity index (χ2n) is 4.37. The highest BCUT2D eigenvalue weighted by Crippen LogP contribution is 2.20. The lowest BCUT2D eigenvalue weighted by Crippen LogP contribution is -2.09. The van der Waals surface area contributed by atoms with Crippen LogP contribution >= 0.6 is 0 Å². The Hall–Kier alpha value is -1.55. The summed E-state index contributed by atoms with van der Waals surface area (Å²) in [5, 5.41) is 0. The summed E-state index contributed by atoms with van der Waals surface area (Å²) in [6.07, 6.45) is 3.04. The van der Waals surface area contributed by atoms with Crippen molar-refractivity contribution in [3.05, 3.63) is 24.5 Å². The third-order valence-corrected chi connectivity index (χ3v) is 3.12. The van der Waals surface area contributed by atoms with Crippen LogP contribution in [0.4, 0.5) is 5.69 Å². The van der Waals surface area contributed by atoms with E-state index < -0.39 is 0 Å². The van der Waals surface area contributed by atoms with E-state index in [9.17, 15) is 0 Å².